The summed E-state index contributed by atoms with van der Waals surface area (Å²) in [6.07, 6.45) is 0.555. The van der Waals surface area contributed by atoms with Crippen LogP contribution in [0.2, 0.25) is 0 Å². The van der Waals surface area contributed by atoms with Gasteiger partial charge in [0.1, 0.15) is 6.61 Å². The normalized spacial score (nSPS) is 13.2. The number of hydrogen-bond acceptors (Lipinski definition) is 12. The first-order valence-corrected chi connectivity index (χ1v) is 15.6. The molecule has 0 aromatic heterocycles. The first kappa shape index (κ1) is 43.8. The number of quaternary nitrogens is 2. The maximum Gasteiger partial charge on any atom is 0.333 e. The Bertz CT molecular complexity index is 1130. The third kappa shape index (κ3) is 20.1. The van der Waals surface area contributed by atoms with Gasteiger partial charge in [-0.05, 0) is 33.1 Å². The van der Waals surface area contributed by atoms with E-state index in [4.69, 9.17) is 18.9 Å². The number of carboxylic acid groups (broad SMARTS) is 2. The average Bonchev–Trinajstić information content (AvgIpc) is 3.01. The van der Waals surface area contributed by atoms with Gasteiger partial charge in [0, 0.05) is 42.9 Å². The number of aliphatic carboxylic acids is 2. The van der Waals surface area contributed by atoms with Crippen LogP contribution in [0.3, 0.4) is 0 Å². The largest absolute Gasteiger partial charge is 0.548 e. The van der Waals surface area contributed by atoms with Gasteiger partial charge in [0.15, 0.2) is 11.8 Å². The van der Waals surface area contributed by atoms with Crippen LogP contribution in [0.4, 0.5) is 0 Å². The second-order valence-corrected chi connectivity index (χ2v) is 11.1. The molecule has 0 spiro atoms. The van der Waals surface area contributed by atoms with Crippen LogP contribution >= 0.6 is 0 Å². The highest BCUT2D eigenvalue weighted by atomic mass is 16.5. The number of ether oxygens (including phenoxy) is 4. The lowest BCUT2D eigenvalue weighted by Crippen LogP contribution is -2.70. The molecule has 0 aliphatic heterocycles. The molecule has 0 fully saturated rings. The molecule has 48 heavy (non-hydrogen) atoms. The quantitative estimate of drug-likeness (QED) is 0.0309. The molecule has 0 aliphatic carbocycles. The summed E-state index contributed by atoms with van der Waals surface area (Å²) in [4.78, 5) is 85.1. The molecule has 0 aromatic rings. The molecule has 0 bridgehead atoms. The third-order valence-electron chi connectivity index (χ3n) is 6.56. The fraction of sp³-hybridized carbons (Fsp3) is 0.645. The summed E-state index contributed by atoms with van der Waals surface area (Å²) in [5, 5.41) is 25.8. The molecule has 0 aliphatic rings. The van der Waals surface area contributed by atoms with Gasteiger partial charge in [-0.15, -0.1) is 0 Å². The SMILES string of the molecule is C=C(C)C(=O)OCCCOC[C@H](NC(=O)[C@H](CCCC[NH3+])CC(=O)[C@H](CC(=O)O)NC(=O)[C@@H]([NH3+])COCCCOC(=O)C(=C)C)C(=O)[O-]. The molecule has 4 atom stereocenters. The number of carboxylic acids is 2. The van der Waals surface area contributed by atoms with Gasteiger partial charge in [0.2, 0.25) is 5.91 Å². The van der Waals surface area contributed by atoms with Crippen molar-refractivity contribution in [3.8, 4) is 0 Å². The van der Waals surface area contributed by atoms with Crippen LogP contribution in [0.1, 0.15) is 58.8 Å². The van der Waals surface area contributed by atoms with E-state index in [1.807, 2.05) is 0 Å². The van der Waals surface area contributed by atoms with Gasteiger partial charge in [0.05, 0.1) is 57.4 Å². The minimum Gasteiger partial charge on any atom is -0.548 e. The standard InChI is InChI=1S/C31H50N4O13/c1-19(2)30(43)47-13-7-11-45-17-22(33)28(40)34-23(16-26(37)38)25(36)15-21(9-5-6-10-32)27(39)35-24(29(41)42)18-46-12-8-14-48-31(44)20(3)4/h21-24H,1,3,5-18,32-33H2,2,4H3,(H,34,40)(H,35,39)(H,37,38)(H,41,42)/p+1/t21-,22+,23+,24+/m1/s1. The fourth-order valence-corrected chi connectivity index (χ4v) is 3.85. The van der Waals surface area contributed by atoms with Gasteiger partial charge in [-0.1, -0.05) is 13.2 Å². The van der Waals surface area contributed by atoms with Crippen molar-refractivity contribution in [3.63, 3.8) is 0 Å². The van der Waals surface area contributed by atoms with Crippen LogP contribution in [-0.2, 0) is 52.5 Å². The Hall–Kier alpha value is -4.19. The summed E-state index contributed by atoms with van der Waals surface area (Å²) in [5.41, 5.74) is 7.89. The van der Waals surface area contributed by atoms with Crippen molar-refractivity contribution >= 4 is 41.5 Å². The van der Waals surface area contributed by atoms with Crippen molar-refractivity contribution in [3.05, 3.63) is 24.3 Å². The van der Waals surface area contributed by atoms with Crippen molar-refractivity contribution < 1.29 is 74.2 Å². The molecule has 0 aromatic carbocycles. The molecule has 0 saturated heterocycles. The number of nitrogens with one attached hydrogen (secondary N) is 2. The van der Waals surface area contributed by atoms with E-state index in [1.54, 1.807) is 0 Å². The monoisotopic (exact) mass is 687 g/mol. The highest BCUT2D eigenvalue weighted by Gasteiger charge is 2.32. The predicted octanol–water partition coefficient (Wildman–Crippen LogP) is -3.17. The molecule has 0 rings (SSSR count). The van der Waals surface area contributed by atoms with E-state index in [1.165, 1.54) is 13.8 Å². The number of Topliss-reactive ketones (excluding diaryl/α,β-unsaturated/α-hetero) is 1. The lowest BCUT2D eigenvalue weighted by Gasteiger charge is -2.24. The van der Waals surface area contributed by atoms with E-state index in [2.05, 4.69) is 35.3 Å². The van der Waals surface area contributed by atoms with E-state index in [0.29, 0.717) is 25.8 Å². The topological polar surface area (TPSA) is 279 Å². The lowest BCUT2D eigenvalue weighted by molar-refractivity contribution is -0.410. The lowest BCUT2D eigenvalue weighted by atomic mass is 9.91. The van der Waals surface area contributed by atoms with Gasteiger partial charge >= 0.3 is 17.9 Å². The number of carbonyl (C=O) groups excluding carboxylic acids is 6. The average molecular weight is 688 g/mol. The zero-order chi connectivity index (χ0) is 36.6. The summed E-state index contributed by atoms with van der Waals surface area (Å²) in [5.74, 6) is -7.49. The first-order valence-electron chi connectivity index (χ1n) is 15.6. The zero-order valence-electron chi connectivity index (χ0n) is 27.9. The molecular formula is C31H51N4O13+. The molecule has 0 heterocycles. The molecule has 0 saturated carbocycles. The molecule has 17 heteroatoms. The molecule has 9 N–H and O–H groups in total. The van der Waals surface area contributed by atoms with Gasteiger partial charge in [-0.2, -0.15) is 0 Å². The Morgan fingerprint density at radius 2 is 1.27 bits per heavy atom. The first-order chi connectivity index (χ1) is 22.6. The minimum atomic E-state index is -1.63. The Kier molecular flexibility index (Phi) is 22.7. The number of ketones is 1. The number of esters is 2. The van der Waals surface area contributed by atoms with E-state index in [-0.39, 0.29) is 57.0 Å². The van der Waals surface area contributed by atoms with Gasteiger partial charge in [-0.3, -0.25) is 19.2 Å². The van der Waals surface area contributed by atoms with Crippen LogP contribution in [0.5, 0.6) is 0 Å². The number of carbonyl (C=O) groups is 7. The zero-order valence-corrected chi connectivity index (χ0v) is 27.9. The van der Waals surface area contributed by atoms with Crippen LogP contribution < -0.4 is 27.2 Å². The summed E-state index contributed by atoms with van der Waals surface area (Å²) in [7, 11) is 0. The predicted molar refractivity (Wildman–Crippen MR) is 165 cm³/mol. The summed E-state index contributed by atoms with van der Waals surface area (Å²) >= 11 is 0. The fourth-order valence-electron chi connectivity index (χ4n) is 3.85. The highest BCUT2D eigenvalue weighted by Crippen LogP contribution is 2.16. The van der Waals surface area contributed by atoms with Crippen molar-refractivity contribution in [2.75, 3.05) is 46.2 Å². The van der Waals surface area contributed by atoms with Crippen molar-refractivity contribution in [1.29, 1.82) is 0 Å². The van der Waals surface area contributed by atoms with E-state index in [0.717, 1.165) is 0 Å². The van der Waals surface area contributed by atoms with Crippen molar-refractivity contribution in [2.24, 2.45) is 5.92 Å². The summed E-state index contributed by atoms with van der Waals surface area (Å²) < 4.78 is 20.5. The molecular weight excluding hydrogens is 636 g/mol. The molecule has 0 unspecified atom stereocenters. The van der Waals surface area contributed by atoms with Crippen molar-refractivity contribution in [1.82, 2.24) is 10.6 Å². The summed E-state index contributed by atoms with van der Waals surface area (Å²) in [6, 6.07) is -4.09. The second kappa shape index (κ2) is 24.9. The van der Waals surface area contributed by atoms with E-state index < -0.39 is 85.0 Å². The minimum absolute atomic E-state index is 0.00823. The van der Waals surface area contributed by atoms with Gasteiger partial charge in [0.25, 0.3) is 5.91 Å². The molecule has 0 radical (unpaired) electrons. The highest BCUT2D eigenvalue weighted by molar-refractivity contribution is 5.95. The Morgan fingerprint density at radius 3 is 1.75 bits per heavy atom. The third-order valence-corrected chi connectivity index (χ3v) is 6.56. The maximum atomic E-state index is 13.2. The van der Waals surface area contributed by atoms with Crippen molar-refractivity contribution in [2.45, 2.75) is 76.9 Å². The van der Waals surface area contributed by atoms with E-state index in [9.17, 15) is 43.8 Å². The number of amides is 2. The van der Waals surface area contributed by atoms with Crippen LogP contribution in [0.15, 0.2) is 24.3 Å². The molecule has 2 amide bonds. The number of rotatable bonds is 28. The van der Waals surface area contributed by atoms with E-state index >= 15 is 0 Å². The van der Waals surface area contributed by atoms with Crippen LogP contribution in [0.25, 0.3) is 0 Å². The maximum absolute atomic E-state index is 13.2. The van der Waals surface area contributed by atoms with Crippen LogP contribution in [-0.4, -0.2) is 111 Å². The Balaban J connectivity index is 5.24. The number of hydrogen-bond donors (Lipinski definition) is 5. The smallest absolute Gasteiger partial charge is 0.333 e. The van der Waals surface area contributed by atoms with Crippen LogP contribution in [0, 0.1) is 5.92 Å². The summed E-state index contributed by atoms with van der Waals surface area (Å²) in [6.45, 7) is 10.1. The Labute approximate surface area is 279 Å². The second-order valence-electron chi connectivity index (χ2n) is 11.1. The molecule has 17 nitrogen and oxygen atoms in total. The van der Waals surface area contributed by atoms with Gasteiger partial charge in [-0.25, -0.2) is 9.59 Å². The molecule has 272 valence electrons. The number of unbranched alkanes of at least 4 members (excludes halogenated alkanes) is 1. The van der Waals surface area contributed by atoms with Gasteiger partial charge < -0.3 is 56.1 Å². The Morgan fingerprint density at radius 1 is 0.750 bits per heavy atom.